The van der Waals surface area contributed by atoms with Crippen molar-refractivity contribution in [3.05, 3.63) is 114 Å². The molecule has 0 atom stereocenters. The number of carbonyl (C=O) groups excluding carboxylic acids is 1. The molecule has 0 unspecified atom stereocenters. The molecule has 4 aromatic carbocycles. The summed E-state index contributed by atoms with van der Waals surface area (Å²) in [5.41, 5.74) is 4.97. The molecule has 2 heterocycles. The molecule has 0 spiro atoms. The van der Waals surface area contributed by atoms with Crippen LogP contribution in [0.2, 0.25) is 5.02 Å². The van der Waals surface area contributed by atoms with Gasteiger partial charge < -0.3 is 10.1 Å². The number of nitrogens with one attached hydrogen (secondary N) is 1. The molecule has 1 aliphatic heterocycles. The predicted molar refractivity (Wildman–Crippen MR) is 162 cm³/mol. The number of morpholine rings is 1. The maximum absolute atomic E-state index is 13.7. The Balaban J connectivity index is 1.34. The quantitative estimate of drug-likeness (QED) is 0.247. The lowest BCUT2D eigenvalue weighted by Gasteiger charge is -2.26. The summed E-state index contributed by atoms with van der Waals surface area (Å²) in [5, 5.41) is 3.74. The molecule has 1 aliphatic rings. The molecule has 0 bridgehead atoms. The third-order valence-corrected chi connectivity index (χ3v) is 9.27. The van der Waals surface area contributed by atoms with E-state index in [1.54, 1.807) is 6.07 Å². The van der Waals surface area contributed by atoms with E-state index in [-0.39, 0.29) is 28.7 Å². The Morgan fingerprint density at radius 3 is 2.22 bits per heavy atom. The summed E-state index contributed by atoms with van der Waals surface area (Å²) in [7, 11) is -3.77. The highest BCUT2D eigenvalue weighted by atomic mass is 35.5. The Morgan fingerprint density at radius 1 is 0.805 bits per heavy atom. The number of carbonyl (C=O) groups is 1. The van der Waals surface area contributed by atoms with Gasteiger partial charge in [-0.2, -0.15) is 4.31 Å². The molecular formula is C32H26ClN3O4S. The Labute approximate surface area is 243 Å². The van der Waals surface area contributed by atoms with E-state index >= 15 is 0 Å². The number of aromatic nitrogens is 1. The zero-order valence-electron chi connectivity index (χ0n) is 22.0. The van der Waals surface area contributed by atoms with Crippen LogP contribution < -0.4 is 5.32 Å². The van der Waals surface area contributed by atoms with Crippen molar-refractivity contribution in [2.75, 3.05) is 31.6 Å². The summed E-state index contributed by atoms with van der Waals surface area (Å²) in [4.78, 5) is 18.6. The Bertz CT molecular complexity index is 1840. The van der Waals surface area contributed by atoms with Crippen LogP contribution in [0, 0.1) is 0 Å². The number of ether oxygens (including phenoxy) is 1. The number of rotatable bonds is 6. The molecular weight excluding hydrogens is 558 g/mol. The number of fused-ring (bicyclic) bond motifs is 1. The molecule has 5 aromatic rings. The lowest BCUT2D eigenvalue weighted by Crippen LogP contribution is -2.40. The first-order chi connectivity index (χ1) is 19.9. The number of amides is 1. The summed E-state index contributed by atoms with van der Waals surface area (Å²) in [5.74, 6) is -0.423. The molecule has 7 nitrogen and oxygen atoms in total. The van der Waals surface area contributed by atoms with Gasteiger partial charge in [0.05, 0.1) is 45.6 Å². The average molecular weight is 584 g/mol. The van der Waals surface area contributed by atoms with E-state index < -0.39 is 15.9 Å². The third kappa shape index (κ3) is 5.60. The van der Waals surface area contributed by atoms with Gasteiger partial charge in [0, 0.05) is 24.0 Å². The van der Waals surface area contributed by atoms with Crippen LogP contribution in [0.3, 0.4) is 0 Å². The van der Waals surface area contributed by atoms with E-state index in [2.05, 4.69) is 17.4 Å². The van der Waals surface area contributed by atoms with Gasteiger partial charge in [-0.15, -0.1) is 0 Å². The fourth-order valence-electron chi connectivity index (χ4n) is 4.86. The average Bonchev–Trinajstić information content (AvgIpc) is 3.02. The minimum atomic E-state index is -3.77. The van der Waals surface area contributed by atoms with E-state index in [1.807, 2.05) is 66.7 Å². The Hall–Kier alpha value is -4.08. The number of hydrogen-bond donors (Lipinski definition) is 1. The SMILES string of the molecule is O=C(Nc1cc(S(=O)(=O)N2CCOCC2)ccc1Cl)c1cc(-c2ccc(-c3ccccc3)cc2)nc2ccccc12. The lowest BCUT2D eigenvalue weighted by molar-refractivity contribution is 0.0730. The van der Waals surface area contributed by atoms with Crippen molar-refractivity contribution in [3.63, 3.8) is 0 Å². The van der Waals surface area contributed by atoms with Gasteiger partial charge in [0.25, 0.3) is 5.91 Å². The van der Waals surface area contributed by atoms with Crippen LogP contribution in [-0.2, 0) is 14.8 Å². The van der Waals surface area contributed by atoms with E-state index in [0.29, 0.717) is 35.4 Å². The van der Waals surface area contributed by atoms with Crippen molar-refractivity contribution < 1.29 is 17.9 Å². The van der Waals surface area contributed by atoms with Crippen molar-refractivity contribution in [1.29, 1.82) is 0 Å². The van der Waals surface area contributed by atoms with Crippen LogP contribution in [0.15, 0.2) is 108 Å². The summed E-state index contributed by atoms with van der Waals surface area (Å²) in [6.45, 7) is 1.21. The Kier molecular flexibility index (Phi) is 7.55. The second-order valence-electron chi connectivity index (χ2n) is 9.63. The molecule has 1 fully saturated rings. The van der Waals surface area contributed by atoms with Crippen molar-refractivity contribution in [2.45, 2.75) is 4.90 Å². The number of benzene rings is 4. The normalized spacial score (nSPS) is 14.2. The number of para-hydroxylation sites is 1. The fourth-order valence-corrected chi connectivity index (χ4v) is 6.46. The molecule has 1 N–H and O–H groups in total. The highest BCUT2D eigenvalue weighted by molar-refractivity contribution is 7.89. The molecule has 41 heavy (non-hydrogen) atoms. The maximum atomic E-state index is 13.7. The minimum absolute atomic E-state index is 0.0536. The standard InChI is InChI=1S/C32H26ClN3O4S/c33-28-15-14-25(41(38,39)36-16-18-40-19-17-36)20-31(28)35-32(37)27-21-30(34-29-9-5-4-8-26(27)29)24-12-10-23(11-13-24)22-6-2-1-3-7-22/h1-15,20-21H,16-19H2,(H,35,37). The van der Waals surface area contributed by atoms with Crippen molar-refractivity contribution >= 4 is 44.1 Å². The number of halogens is 1. The van der Waals surface area contributed by atoms with Gasteiger partial charge >= 0.3 is 0 Å². The molecule has 6 rings (SSSR count). The van der Waals surface area contributed by atoms with E-state index in [1.165, 1.54) is 22.5 Å². The van der Waals surface area contributed by atoms with Gasteiger partial charge in [-0.1, -0.05) is 84.4 Å². The number of anilines is 1. The molecule has 0 radical (unpaired) electrons. The Morgan fingerprint density at radius 2 is 1.46 bits per heavy atom. The van der Waals surface area contributed by atoms with Crippen LogP contribution >= 0.6 is 11.6 Å². The van der Waals surface area contributed by atoms with Gasteiger partial charge in [-0.25, -0.2) is 13.4 Å². The first kappa shape index (κ1) is 27.1. The smallest absolute Gasteiger partial charge is 0.256 e. The highest BCUT2D eigenvalue weighted by Gasteiger charge is 2.27. The van der Waals surface area contributed by atoms with Crippen LogP contribution in [0.4, 0.5) is 5.69 Å². The van der Waals surface area contributed by atoms with E-state index in [0.717, 1.165) is 16.7 Å². The van der Waals surface area contributed by atoms with Gasteiger partial charge in [-0.05, 0) is 41.5 Å². The zero-order chi connectivity index (χ0) is 28.4. The van der Waals surface area contributed by atoms with Gasteiger partial charge in [0.2, 0.25) is 10.0 Å². The van der Waals surface area contributed by atoms with Crippen LogP contribution in [-0.4, -0.2) is 49.9 Å². The number of sulfonamides is 1. The molecule has 9 heteroatoms. The van der Waals surface area contributed by atoms with Crippen LogP contribution in [0.25, 0.3) is 33.3 Å². The molecule has 0 aliphatic carbocycles. The molecule has 1 aromatic heterocycles. The largest absolute Gasteiger partial charge is 0.379 e. The molecule has 0 saturated carbocycles. The number of pyridine rings is 1. The van der Waals surface area contributed by atoms with Gasteiger partial charge in [0.15, 0.2) is 0 Å². The summed E-state index contributed by atoms with van der Waals surface area (Å²) >= 11 is 6.42. The molecule has 1 saturated heterocycles. The molecule has 206 valence electrons. The van der Waals surface area contributed by atoms with Gasteiger partial charge in [0.1, 0.15) is 0 Å². The summed E-state index contributed by atoms with van der Waals surface area (Å²) in [6.07, 6.45) is 0. The topological polar surface area (TPSA) is 88.6 Å². The second-order valence-corrected chi connectivity index (χ2v) is 12.0. The van der Waals surface area contributed by atoms with Crippen LogP contribution in [0.1, 0.15) is 10.4 Å². The third-order valence-electron chi connectivity index (χ3n) is 7.04. The predicted octanol–water partition coefficient (Wildman–Crippen LogP) is 6.50. The highest BCUT2D eigenvalue weighted by Crippen LogP contribution is 2.31. The fraction of sp³-hybridized carbons (Fsp3) is 0.125. The minimum Gasteiger partial charge on any atom is -0.379 e. The zero-order valence-corrected chi connectivity index (χ0v) is 23.5. The number of hydrogen-bond acceptors (Lipinski definition) is 5. The first-order valence-electron chi connectivity index (χ1n) is 13.1. The van der Waals surface area contributed by atoms with Crippen molar-refractivity contribution in [1.82, 2.24) is 9.29 Å². The summed E-state index contributed by atoms with van der Waals surface area (Å²) in [6, 6.07) is 31.6. The van der Waals surface area contributed by atoms with Gasteiger partial charge in [-0.3, -0.25) is 4.79 Å². The second kappa shape index (κ2) is 11.4. The number of nitrogens with zero attached hydrogens (tertiary/aromatic N) is 2. The van der Waals surface area contributed by atoms with Crippen LogP contribution in [0.5, 0.6) is 0 Å². The van der Waals surface area contributed by atoms with E-state index in [9.17, 15) is 13.2 Å². The maximum Gasteiger partial charge on any atom is 0.256 e. The van der Waals surface area contributed by atoms with Crippen molar-refractivity contribution in [3.8, 4) is 22.4 Å². The molecule has 1 amide bonds. The lowest BCUT2D eigenvalue weighted by atomic mass is 10.0. The van der Waals surface area contributed by atoms with E-state index in [4.69, 9.17) is 21.3 Å². The first-order valence-corrected chi connectivity index (χ1v) is 15.0. The van der Waals surface area contributed by atoms with Crippen molar-refractivity contribution in [2.24, 2.45) is 0 Å². The summed E-state index contributed by atoms with van der Waals surface area (Å²) < 4.78 is 33.1. The monoisotopic (exact) mass is 583 g/mol.